The summed E-state index contributed by atoms with van der Waals surface area (Å²) in [6.07, 6.45) is -0.0932. The number of rotatable bonds is 7. The number of hydrogen-bond acceptors (Lipinski definition) is 7. The third-order valence-electron chi connectivity index (χ3n) is 7.41. The summed E-state index contributed by atoms with van der Waals surface area (Å²) in [7, 11) is 0. The van der Waals surface area contributed by atoms with Gasteiger partial charge in [0, 0.05) is 15.8 Å². The molecule has 228 valence electrons. The van der Waals surface area contributed by atoms with E-state index in [1.165, 1.54) is 23.5 Å². The van der Waals surface area contributed by atoms with E-state index >= 15 is 0 Å². The molecule has 0 saturated heterocycles. The Hall–Kier alpha value is -4.10. The summed E-state index contributed by atoms with van der Waals surface area (Å²) in [5.74, 6) is -1.16. The number of amides is 1. The van der Waals surface area contributed by atoms with Crippen molar-refractivity contribution in [1.82, 2.24) is 14.5 Å². The van der Waals surface area contributed by atoms with Crippen molar-refractivity contribution in [2.45, 2.75) is 50.4 Å². The molecule has 3 aromatic heterocycles. The van der Waals surface area contributed by atoms with Crippen LogP contribution in [0.5, 0.6) is 0 Å². The van der Waals surface area contributed by atoms with Gasteiger partial charge in [0.2, 0.25) is 5.91 Å². The molecule has 0 bridgehead atoms. The van der Waals surface area contributed by atoms with Gasteiger partial charge >= 0.3 is 12.1 Å². The Kier molecular flexibility index (Phi) is 8.25. The molecule has 0 atom stereocenters. The Morgan fingerprint density at radius 3 is 2.70 bits per heavy atom. The number of anilines is 1. The molecule has 0 fully saturated rings. The number of thioether (sulfide) groups is 1. The summed E-state index contributed by atoms with van der Waals surface area (Å²) >= 11 is 2.29. The van der Waals surface area contributed by atoms with Gasteiger partial charge in [0.25, 0.3) is 5.56 Å². The fourth-order valence-electron chi connectivity index (χ4n) is 5.43. The van der Waals surface area contributed by atoms with Crippen LogP contribution >= 0.6 is 23.1 Å². The highest BCUT2D eigenvalue weighted by atomic mass is 32.2. The number of nitrogens with zero attached hydrogens (tertiary/aromatic N) is 2. The number of aryl methyl sites for hydroxylation is 1. The van der Waals surface area contributed by atoms with Crippen LogP contribution in [0.15, 0.2) is 58.5 Å². The Balaban J connectivity index is 1.37. The summed E-state index contributed by atoms with van der Waals surface area (Å²) in [4.78, 5) is 48.7. The van der Waals surface area contributed by atoms with Gasteiger partial charge in [-0.3, -0.25) is 14.2 Å². The monoisotopic (exact) mass is 640 g/mol. The minimum atomic E-state index is -4.62. The van der Waals surface area contributed by atoms with Crippen LogP contribution in [0.3, 0.4) is 0 Å². The topological polar surface area (TPSA) is 106 Å². The van der Waals surface area contributed by atoms with Crippen molar-refractivity contribution in [3.63, 3.8) is 0 Å². The summed E-state index contributed by atoms with van der Waals surface area (Å²) in [5.41, 5.74) is 0.875. The lowest BCUT2D eigenvalue weighted by Gasteiger charge is -2.14. The van der Waals surface area contributed by atoms with Crippen molar-refractivity contribution in [3.05, 3.63) is 80.5 Å². The molecule has 2 N–H and O–H groups in total. The molecule has 5 aromatic rings. The Labute approximate surface area is 257 Å². The first-order chi connectivity index (χ1) is 21.2. The molecule has 0 aliphatic heterocycles. The second-order valence-electron chi connectivity index (χ2n) is 10.3. The maximum Gasteiger partial charge on any atom is 0.416 e. The van der Waals surface area contributed by atoms with E-state index in [0.29, 0.717) is 27.0 Å². The number of alkyl halides is 3. The van der Waals surface area contributed by atoms with E-state index in [2.05, 4.69) is 15.3 Å². The molecule has 3 heterocycles. The molecule has 44 heavy (non-hydrogen) atoms. The smallest absolute Gasteiger partial charge is 0.416 e. The van der Waals surface area contributed by atoms with Crippen LogP contribution in [0.1, 0.15) is 52.5 Å². The number of aromatic amines is 1. The zero-order valence-corrected chi connectivity index (χ0v) is 25.2. The molecular weight excluding hydrogens is 613 g/mol. The van der Waals surface area contributed by atoms with Gasteiger partial charge in [-0.05, 0) is 62.4 Å². The van der Waals surface area contributed by atoms with Crippen molar-refractivity contribution >= 4 is 61.9 Å². The van der Waals surface area contributed by atoms with Crippen molar-refractivity contribution in [3.8, 4) is 5.69 Å². The number of nitrogens with one attached hydrogen (secondary N) is 2. The van der Waals surface area contributed by atoms with Gasteiger partial charge in [0.1, 0.15) is 16.0 Å². The molecule has 0 radical (unpaired) electrons. The maximum absolute atomic E-state index is 13.8. The van der Waals surface area contributed by atoms with Gasteiger partial charge in [-0.1, -0.05) is 42.4 Å². The number of thiophene rings is 1. The lowest BCUT2D eigenvalue weighted by molar-refractivity contribution is -0.137. The zero-order chi connectivity index (χ0) is 31.0. The molecule has 1 amide bonds. The van der Waals surface area contributed by atoms with E-state index in [1.807, 2.05) is 0 Å². The molecule has 6 rings (SSSR count). The third-order valence-corrected chi connectivity index (χ3v) is 9.56. The standard InChI is InChI=1S/C31H27F3N4O4S2/c1-2-42-29(41)24-20-12-4-3-5-14-22(20)44-27(24)36-23(39)16-43-30-37-25-19-11-6-7-13-21(19)35-26(25)28(40)38(30)18-10-8-9-17(15-18)31(32,33)34/h6-11,13,15,35H,2-5,12,14,16H2,1H3,(H,36,39). The van der Waals surface area contributed by atoms with Crippen LogP contribution in [0.2, 0.25) is 0 Å². The number of H-pyrrole nitrogens is 1. The number of halogens is 3. The van der Waals surface area contributed by atoms with Gasteiger partial charge in [-0.2, -0.15) is 13.2 Å². The number of ether oxygens (including phenoxy) is 1. The van der Waals surface area contributed by atoms with Crippen molar-refractivity contribution in [1.29, 1.82) is 0 Å². The van der Waals surface area contributed by atoms with Crippen molar-refractivity contribution in [2.24, 2.45) is 0 Å². The van der Waals surface area contributed by atoms with E-state index in [1.54, 1.807) is 31.2 Å². The molecule has 2 aromatic carbocycles. The second kappa shape index (κ2) is 12.1. The van der Waals surface area contributed by atoms with Gasteiger partial charge in [-0.15, -0.1) is 11.3 Å². The third kappa shape index (κ3) is 5.73. The van der Waals surface area contributed by atoms with Gasteiger partial charge in [-0.25, -0.2) is 9.78 Å². The lowest BCUT2D eigenvalue weighted by atomic mass is 10.1. The van der Waals surface area contributed by atoms with Gasteiger partial charge in [0.15, 0.2) is 5.16 Å². The Bertz CT molecular complexity index is 1960. The largest absolute Gasteiger partial charge is 0.462 e. The molecule has 1 aliphatic rings. The summed E-state index contributed by atoms with van der Waals surface area (Å²) in [5, 5.41) is 3.98. The minimum Gasteiger partial charge on any atom is -0.462 e. The molecule has 1 aliphatic carbocycles. The second-order valence-corrected chi connectivity index (χ2v) is 12.4. The number of benzene rings is 2. The number of fused-ring (bicyclic) bond motifs is 4. The number of para-hydroxylation sites is 1. The Morgan fingerprint density at radius 1 is 1.11 bits per heavy atom. The predicted molar refractivity (Wildman–Crippen MR) is 165 cm³/mol. The normalized spacial score (nSPS) is 13.5. The van der Waals surface area contributed by atoms with E-state index < -0.39 is 29.2 Å². The molecule has 0 saturated carbocycles. The van der Waals surface area contributed by atoms with E-state index in [-0.39, 0.29) is 28.7 Å². The zero-order valence-electron chi connectivity index (χ0n) is 23.5. The first-order valence-electron chi connectivity index (χ1n) is 14.1. The highest BCUT2D eigenvalue weighted by Crippen LogP contribution is 2.38. The number of hydrogen-bond donors (Lipinski definition) is 2. The van der Waals surface area contributed by atoms with E-state index in [9.17, 15) is 27.6 Å². The fourth-order valence-corrected chi connectivity index (χ4v) is 7.53. The number of carbonyl (C=O) groups is 2. The molecule has 13 heteroatoms. The molecule has 0 unspecified atom stereocenters. The van der Waals surface area contributed by atoms with E-state index in [0.717, 1.165) is 71.0 Å². The van der Waals surface area contributed by atoms with Gasteiger partial charge in [0.05, 0.1) is 29.2 Å². The van der Waals surface area contributed by atoms with Gasteiger partial charge < -0.3 is 15.0 Å². The highest BCUT2D eigenvalue weighted by Gasteiger charge is 2.31. The molecular formula is C31H27F3N4O4S2. The van der Waals surface area contributed by atoms with Crippen LogP contribution in [0.25, 0.3) is 27.6 Å². The highest BCUT2D eigenvalue weighted by molar-refractivity contribution is 7.99. The van der Waals surface area contributed by atoms with Crippen LogP contribution in [0.4, 0.5) is 18.2 Å². The average molecular weight is 641 g/mol. The minimum absolute atomic E-state index is 0.0348. The van der Waals surface area contributed by atoms with Crippen molar-refractivity contribution < 1.29 is 27.5 Å². The lowest BCUT2D eigenvalue weighted by Crippen LogP contribution is -2.23. The number of aromatic nitrogens is 3. The number of esters is 1. The van der Waals surface area contributed by atoms with E-state index in [4.69, 9.17) is 4.74 Å². The van der Waals surface area contributed by atoms with Crippen LogP contribution in [-0.2, 0) is 28.5 Å². The quantitative estimate of drug-likeness (QED) is 0.0849. The first kappa shape index (κ1) is 29.9. The van der Waals surface area contributed by atoms with Crippen LogP contribution in [0, 0.1) is 0 Å². The van der Waals surface area contributed by atoms with Crippen LogP contribution < -0.4 is 10.9 Å². The average Bonchev–Trinajstić information content (AvgIpc) is 3.45. The molecule has 8 nitrogen and oxygen atoms in total. The predicted octanol–water partition coefficient (Wildman–Crippen LogP) is 7.12. The fraction of sp³-hybridized carbons (Fsp3) is 0.290. The SMILES string of the molecule is CCOC(=O)c1c(NC(=O)CSc2nc3c([nH]c4ccccc43)c(=O)n2-c2cccc(C(F)(F)F)c2)sc2c1CCCCC2. The van der Waals surface area contributed by atoms with Crippen LogP contribution in [-0.4, -0.2) is 38.8 Å². The Morgan fingerprint density at radius 2 is 1.91 bits per heavy atom. The van der Waals surface area contributed by atoms with Crippen molar-refractivity contribution in [2.75, 3.05) is 17.7 Å². The summed E-state index contributed by atoms with van der Waals surface area (Å²) < 4.78 is 47.1. The first-order valence-corrected chi connectivity index (χ1v) is 15.9. The maximum atomic E-state index is 13.8. The summed E-state index contributed by atoms with van der Waals surface area (Å²) in [6.45, 7) is 1.92. The number of carbonyl (C=O) groups excluding carboxylic acids is 2. The summed E-state index contributed by atoms with van der Waals surface area (Å²) in [6, 6.07) is 11.6. The molecule has 0 spiro atoms.